The van der Waals surface area contributed by atoms with E-state index in [0.717, 1.165) is 5.56 Å². The van der Waals surface area contributed by atoms with Crippen LogP contribution < -0.4 is 4.74 Å². The minimum atomic E-state index is -1.14. The number of ether oxygens (including phenoxy) is 1. The number of hydrogen-bond acceptors (Lipinski definition) is 3. The Bertz CT molecular complexity index is 633. The molecule has 0 bridgehead atoms. The summed E-state index contributed by atoms with van der Waals surface area (Å²) in [6, 6.07) is 11.3. The molecule has 0 aliphatic rings. The molecule has 0 amide bonds. The van der Waals surface area contributed by atoms with Crippen LogP contribution in [0.2, 0.25) is 0 Å². The summed E-state index contributed by atoms with van der Waals surface area (Å²) < 4.78 is 5.67. The average Bonchev–Trinajstić information content (AvgIpc) is 2.42. The lowest BCUT2D eigenvalue weighted by Gasteiger charge is -2.14. The van der Waals surface area contributed by atoms with Crippen LogP contribution in [0.4, 0.5) is 0 Å². The summed E-state index contributed by atoms with van der Waals surface area (Å²) in [6.07, 6.45) is 0. The molecule has 0 spiro atoms. The fraction of sp³-hybridized carbons (Fsp3) is 0.188. The minimum Gasteiger partial charge on any atom is -0.507 e. The minimum absolute atomic E-state index is 0.0745. The Morgan fingerprint density at radius 3 is 2.45 bits per heavy atom. The van der Waals surface area contributed by atoms with E-state index < -0.39 is 5.97 Å². The number of aryl methyl sites for hydroxylation is 1. The lowest BCUT2D eigenvalue weighted by Crippen LogP contribution is -2.04. The molecule has 2 rings (SSSR count). The van der Waals surface area contributed by atoms with Crippen molar-refractivity contribution in [2.45, 2.75) is 20.5 Å². The maximum absolute atomic E-state index is 11.1. The Morgan fingerprint density at radius 2 is 1.85 bits per heavy atom. The first-order valence-electron chi connectivity index (χ1n) is 6.24. The molecule has 0 aliphatic heterocycles. The number of benzene rings is 2. The smallest absolute Gasteiger partial charge is 0.339 e. The van der Waals surface area contributed by atoms with Crippen LogP contribution in [-0.4, -0.2) is 16.2 Å². The van der Waals surface area contributed by atoms with Gasteiger partial charge in [-0.3, -0.25) is 0 Å². The molecule has 2 aromatic carbocycles. The first-order chi connectivity index (χ1) is 9.50. The fourth-order valence-electron chi connectivity index (χ4n) is 2.02. The van der Waals surface area contributed by atoms with Gasteiger partial charge in [-0.2, -0.15) is 0 Å². The molecular weight excluding hydrogens is 256 g/mol. The predicted molar refractivity (Wildman–Crippen MR) is 75.3 cm³/mol. The Labute approximate surface area is 117 Å². The summed E-state index contributed by atoms with van der Waals surface area (Å²) in [5, 5.41) is 19.0. The summed E-state index contributed by atoms with van der Waals surface area (Å²) >= 11 is 0. The van der Waals surface area contributed by atoms with Crippen molar-refractivity contribution >= 4 is 5.97 Å². The van der Waals surface area contributed by atoms with E-state index in [-0.39, 0.29) is 11.3 Å². The van der Waals surface area contributed by atoms with Gasteiger partial charge in [0.1, 0.15) is 23.7 Å². The summed E-state index contributed by atoms with van der Waals surface area (Å²) in [5.41, 5.74) is 1.84. The zero-order chi connectivity index (χ0) is 14.7. The molecule has 0 saturated carbocycles. The number of carbonyl (C=O) groups is 1. The Hall–Kier alpha value is -2.49. The highest BCUT2D eigenvalue weighted by molar-refractivity contribution is 5.93. The van der Waals surface area contributed by atoms with Gasteiger partial charge in [0.2, 0.25) is 0 Å². The number of aromatic carboxylic acids is 1. The molecule has 0 heterocycles. The monoisotopic (exact) mass is 272 g/mol. The molecule has 0 atom stereocenters. The van der Waals surface area contributed by atoms with Gasteiger partial charge in [-0.15, -0.1) is 0 Å². The third-order valence-corrected chi connectivity index (χ3v) is 3.15. The average molecular weight is 272 g/mol. The first-order valence-corrected chi connectivity index (χ1v) is 6.24. The van der Waals surface area contributed by atoms with E-state index in [1.807, 2.05) is 30.3 Å². The molecule has 4 nitrogen and oxygen atoms in total. The van der Waals surface area contributed by atoms with Gasteiger partial charge >= 0.3 is 5.97 Å². The van der Waals surface area contributed by atoms with Gasteiger partial charge in [-0.25, -0.2) is 4.79 Å². The fourth-order valence-corrected chi connectivity index (χ4v) is 2.02. The van der Waals surface area contributed by atoms with E-state index in [1.165, 1.54) is 0 Å². The second-order valence-corrected chi connectivity index (χ2v) is 4.62. The highest BCUT2D eigenvalue weighted by Gasteiger charge is 2.18. The zero-order valence-corrected chi connectivity index (χ0v) is 11.4. The molecule has 0 fully saturated rings. The Morgan fingerprint density at radius 1 is 1.20 bits per heavy atom. The summed E-state index contributed by atoms with van der Waals surface area (Å²) in [5.74, 6) is -0.882. The lowest BCUT2D eigenvalue weighted by molar-refractivity contribution is 0.0692. The Balaban J connectivity index is 2.28. The second kappa shape index (κ2) is 5.65. The topological polar surface area (TPSA) is 66.8 Å². The molecule has 0 aromatic heterocycles. The van der Waals surface area contributed by atoms with Crippen molar-refractivity contribution in [3.05, 3.63) is 58.7 Å². The van der Waals surface area contributed by atoms with Gasteiger partial charge in [0, 0.05) is 5.56 Å². The van der Waals surface area contributed by atoms with E-state index >= 15 is 0 Å². The number of aromatic hydroxyl groups is 1. The quantitative estimate of drug-likeness (QED) is 0.896. The summed E-state index contributed by atoms with van der Waals surface area (Å²) in [7, 11) is 0. The predicted octanol–water partition coefficient (Wildman–Crippen LogP) is 3.29. The van der Waals surface area contributed by atoms with Crippen LogP contribution in [0.25, 0.3) is 0 Å². The van der Waals surface area contributed by atoms with Crippen LogP contribution in [0, 0.1) is 13.8 Å². The standard InChI is InChI=1S/C16H16O4/c1-10-8-13(11(2)15(17)14(10)16(18)19)20-9-12-6-4-3-5-7-12/h3-8,17H,9H2,1-2H3,(H,18,19). The van der Waals surface area contributed by atoms with Crippen LogP contribution in [0.15, 0.2) is 36.4 Å². The van der Waals surface area contributed by atoms with E-state index in [9.17, 15) is 9.90 Å². The van der Waals surface area contributed by atoms with Crippen molar-refractivity contribution in [1.82, 2.24) is 0 Å². The molecule has 0 radical (unpaired) electrons. The van der Waals surface area contributed by atoms with E-state index in [4.69, 9.17) is 9.84 Å². The van der Waals surface area contributed by atoms with E-state index in [1.54, 1.807) is 19.9 Å². The molecule has 0 unspecified atom stereocenters. The molecule has 0 saturated heterocycles. The van der Waals surface area contributed by atoms with Gasteiger partial charge < -0.3 is 14.9 Å². The number of carboxylic acid groups (broad SMARTS) is 1. The second-order valence-electron chi connectivity index (χ2n) is 4.62. The van der Waals surface area contributed by atoms with E-state index in [2.05, 4.69) is 0 Å². The third-order valence-electron chi connectivity index (χ3n) is 3.15. The van der Waals surface area contributed by atoms with Gasteiger partial charge in [-0.05, 0) is 31.0 Å². The molecule has 2 aromatic rings. The van der Waals surface area contributed by atoms with Crippen molar-refractivity contribution < 1.29 is 19.7 Å². The lowest BCUT2D eigenvalue weighted by atomic mass is 10.0. The number of phenols is 1. The van der Waals surface area contributed by atoms with Gasteiger partial charge in [-0.1, -0.05) is 30.3 Å². The molecule has 104 valence electrons. The maximum atomic E-state index is 11.1. The number of carboxylic acids is 1. The van der Waals surface area contributed by atoms with Crippen LogP contribution in [0.3, 0.4) is 0 Å². The van der Waals surface area contributed by atoms with Crippen LogP contribution in [-0.2, 0) is 6.61 Å². The van der Waals surface area contributed by atoms with Crippen molar-refractivity contribution in [2.75, 3.05) is 0 Å². The first kappa shape index (κ1) is 13.9. The summed E-state index contributed by atoms with van der Waals surface area (Å²) in [4.78, 5) is 11.1. The third kappa shape index (κ3) is 2.74. The van der Waals surface area contributed by atoms with Crippen LogP contribution in [0.5, 0.6) is 11.5 Å². The van der Waals surface area contributed by atoms with Crippen LogP contribution >= 0.6 is 0 Å². The maximum Gasteiger partial charge on any atom is 0.339 e. The molecule has 2 N–H and O–H groups in total. The van der Waals surface area contributed by atoms with Crippen molar-refractivity contribution in [3.63, 3.8) is 0 Å². The molecule has 4 heteroatoms. The highest BCUT2D eigenvalue weighted by Crippen LogP contribution is 2.33. The number of rotatable bonds is 4. The van der Waals surface area contributed by atoms with Crippen molar-refractivity contribution in [1.29, 1.82) is 0 Å². The molecule has 20 heavy (non-hydrogen) atoms. The SMILES string of the molecule is Cc1cc(OCc2ccccc2)c(C)c(O)c1C(=O)O. The normalized spacial score (nSPS) is 10.3. The Kier molecular flexibility index (Phi) is 3.94. The van der Waals surface area contributed by atoms with E-state index in [0.29, 0.717) is 23.5 Å². The van der Waals surface area contributed by atoms with Crippen LogP contribution in [0.1, 0.15) is 27.0 Å². The number of hydrogen-bond donors (Lipinski definition) is 2. The van der Waals surface area contributed by atoms with Crippen molar-refractivity contribution in [3.8, 4) is 11.5 Å². The van der Waals surface area contributed by atoms with Crippen molar-refractivity contribution in [2.24, 2.45) is 0 Å². The van der Waals surface area contributed by atoms with Gasteiger partial charge in [0.15, 0.2) is 0 Å². The van der Waals surface area contributed by atoms with Gasteiger partial charge in [0.05, 0.1) is 0 Å². The highest BCUT2D eigenvalue weighted by atomic mass is 16.5. The molecule has 0 aliphatic carbocycles. The zero-order valence-electron chi connectivity index (χ0n) is 11.4. The van der Waals surface area contributed by atoms with Gasteiger partial charge in [0.25, 0.3) is 0 Å². The summed E-state index contributed by atoms with van der Waals surface area (Å²) in [6.45, 7) is 3.65. The molecular formula is C16H16O4. The largest absolute Gasteiger partial charge is 0.507 e.